The molecular weight excluding hydrogens is 435 g/mol. The first-order valence-electron chi connectivity index (χ1n) is 11.2. The first kappa shape index (κ1) is 23.4. The summed E-state index contributed by atoms with van der Waals surface area (Å²) in [4.78, 5) is 21.0. The Labute approximate surface area is 191 Å². The summed E-state index contributed by atoms with van der Waals surface area (Å²) in [5.41, 5.74) is 0.643. The summed E-state index contributed by atoms with van der Waals surface area (Å²) in [6.45, 7) is 2.40. The highest BCUT2D eigenvalue weighted by Gasteiger charge is 2.35. The number of carbonyl (C=O) groups excluding carboxylic acids is 1. The number of aromatic nitrogens is 1. The van der Waals surface area contributed by atoms with E-state index in [4.69, 9.17) is 9.47 Å². The number of alkyl halides is 3. The van der Waals surface area contributed by atoms with Crippen LogP contribution in [0.1, 0.15) is 31.2 Å². The van der Waals surface area contributed by atoms with Crippen LogP contribution in [0, 0.1) is 5.92 Å². The molecule has 0 spiro atoms. The molecule has 4 rings (SSSR count). The lowest BCUT2D eigenvalue weighted by atomic mass is 9.84. The molecule has 2 fully saturated rings. The molecule has 1 amide bonds. The van der Waals surface area contributed by atoms with Crippen LogP contribution in [0.4, 0.5) is 24.5 Å². The van der Waals surface area contributed by atoms with E-state index in [1.165, 1.54) is 12.1 Å². The lowest BCUT2D eigenvalue weighted by Crippen LogP contribution is -2.45. The van der Waals surface area contributed by atoms with Gasteiger partial charge in [-0.2, -0.15) is 13.2 Å². The molecule has 0 radical (unpaired) electrons. The van der Waals surface area contributed by atoms with E-state index < -0.39 is 11.7 Å². The van der Waals surface area contributed by atoms with Crippen molar-refractivity contribution in [3.8, 4) is 5.75 Å². The molecule has 1 aliphatic carbocycles. The second-order valence-corrected chi connectivity index (χ2v) is 8.41. The van der Waals surface area contributed by atoms with Crippen LogP contribution >= 0.6 is 0 Å². The van der Waals surface area contributed by atoms with Crippen molar-refractivity contribution in [1.82, 2.24) is 9.88 Å². The van der Waals surface area contributed by atoms with Crippen molar-refractivity contribution in [2.75, 3.05) is 38.3 Å². The first-order chi connectivity index (χ1) is 15.9. The molecule has 33 heavy (non-hydrogen) atoms. The van der Waals surface area contributed by atoms with Crippen LogP contribution in [0.2, 0.25) is 0 Å². The molecule has 1 aromatic heterocycles. The maximum Gasteiger partial charge on any atom is 0.416 e. The Morgan fingerprint density at radius 2 is 1.76 bits per heavy atom. The van der Waals surface area contributed by atoms with Gasteiger partial charge in [-0.15, -0.1) is 0 Å². The normalized spacial score (nSPS) is 21.5. The Morgan fingerprint density at radius 1 is 1.09 bits per heavy atom. The molecule has 0 N–H and O–H groups in total. The van der Waals surface area contributed by atoms with Gasteiger partial charge >= 0.3 is 6.18 Å². The third-order valence-electron chi connectivity index (χ3n) is 6.45. The monoisotopic (exact) mass is 463 g/mol. The minimum absolute atomic E-state index is 0.00794. The van der Waals surface area contributed by atoms with Gasteiger partial charge in [0.1, 0.15) is 11.4 Å². The summed E-state index contributed by atoms with van der Waals surface area (Å²) < 4.78 is 50.2. The fourth-order valence-electron chi connectivity index (χ4n) is 4.71. The van der Waals surface area contributed by atoms with Crippen molar-refractivity contribution in [2.45, 2.75) is 37.9 Å². The minimum atomic E-state index is -4.40. The molecule has 9 heteroatoms. The van der Waals surface area contributed by atoms with Crippen molar-refractivity contribution in [1.29, 1.82) is 0 Å². The molecule has 1 aliphatic heterocycles. The summed E-state index contributed by atoms with van der Waals surface area (Å²) in [6, 6.07) is 6.91. The van der Waals surface area contributed by atoms with E-state index in [0.29, 0.717) is 43.4 Å². The number of methoxy groups -OCH3 is 1. The third-order valence-corrected chi connectivity index (χ3v) is 6.45. The van der Waals surface area contributed by atoms with Crippen LogP contribution in [-0.4, -0.2) is 55.2 Å². The summed E-state index contributed by atoms with van der Waals surface area (Å²) in [7, 11) is 1.56. The van der Waals surface area contributed by atoms with Crippen molar-refractivity contribution in [3.05, 3.63) is 48.3 Å². The molecule has 0 bridgehead atoms. The molecule has 6 nitrogen and oxygen atoms in total. The Kier molecular flexibility index (Phi) is 7.07. The predicted molar refractivity (Wildman–Crippen MR) is 118 cm³/mol. The molecule has 2 aliphatic rings. The highest BCUT2D eigenvalue weighted by molar-refractivity contribution is 5.79. The molecule has 0 atom stereocenters. The van der Waals surface area contributed by atoms with Crippen LogP contribution in [0.3, 0.4) is 0 Å². The standard InChI is InChI=1S/C24H28F3N3O3/c1-32-22-10-11-28-16-21(22)30(20-8-4-18(5-9-20)24(25,26)27)19-6-2-17(3-7-19)23(31)29-12-14-33-15-13-29/h4-5,8-11,16-17,19H,2-3,6-7,12-15H2,1H3. The second-order valence-electron chi connectivity index (χ2n) is 8.41. The topological polar surface area (TPSA) is 54.9 Å². The van der Waals surface area contributed by atoms with E-state index in [0.717, 1.165) is 37.8 Å². The zero-order valence-corrected chi connectivity index (χ0v) is 18.6. The SMILES string of the molecule is COc1ccncc1N(c1ccc(C(F)(F)F)cc1)C1CCC(C(=O)N2CCOCC2)CC1. The van der Waals surface area contributed by atoms with Gasteiger partial charge in [0.15, 0.2) is 0 Å². The number of morpholine rings is 1. The van der Waals surface area contributed by atoms with E-state index in [9.17, 15) is 18.0 Å². The molecule has 0 unspecified atom stereocenters. The molecule has 2 aromatic rings. The van der Waals surface area contributed by atoms with Gasteiger partial charge in [0.2, 0.25) is 5.91 Å². The lowest BCUT2D eigenvalue weighted by Gasteiger charge is -2.39. The van der Waals surface area contributed by atoms with Gasteiger partial charge in [0, 0.05) is 43.0 Å². The average molecular weight is 464 g/mol. The highest BCUT2D eigenvalue weighted by Crippen LogP contribution is 2.41. The molecule has 1 saturated carbocycles. The number of rotatable bonds is 5. The van der Waals surface area contributed by atoms with Gasteiger partial charge in [0.05, 0.1) is 32.1 Å². The predicted octanol–water partition coefficient (Wildman–Crippen LogP) is 4.66. The average Bonchev–Trinajstić information content (AvgIpc) is 2.85. The van der Waals surface area contributed by atoms with Crippen LogP contribution in [0.25, 0.3) is 0 Å². The van der Waals surface area contributed by atoms with Gasteiger partial charge in [-0.05, 0) is 49.9 Å². The number of ether oxygens (including phenoxy) is 2. The third kappa shape index (κ3) is 5.24. The smallest absolute Gasteiger partial charge is 0.416 e. The Hall–Kier alpha value is -2.81. The van der Waals surface area contributed by atoms with Crippen LogP contribution < -0.4 is 9.64 Å². The van der Waals surface area contributed by atoms with Crippen molar-refractivity contribution in [2.24, 2.45) is 5.92 Å². The van der Waals surface area contributed by atoms with E-state index in [1.54, 1.807) is 25.6 Å². The Balaban J connectivity index is 1.56. The fraction of sp³-hybridized carbons (Fsp3) is 0.500. The number of hydrogen-bond donors (Lipinski definition) is 0. The number of pyridine rings is 1. The van der Waals surface area contributed by atoms with Crippen molar-refractivity contribution >= 4 is 17.3 Å². The number of benzene rings is 1. The summed E-state index contributed by atoms with van der Waals surface area (Å²) in [5.74, 6) is 0.734. The first-order valence-corrected chi connectivity index (χ1v) is 11.2. The number of anilines is 2. The highest BCUT2D eigenvalue weighted by atomic mass is 19.4. The minimum Gasteiger partial charge on any atom is -0.494 e. The molecule has 1 saturated heterocycles. The van der Waals surface area contributed by atoms with Crippen LogP contribution in [0.5, 0.6) is 5.75 Å². The number of amides is 1. The molecular formula is C24H28F3N3O3. The van der Waals surface area contributed by atoms with E-state index in [-0.39, 0.29) is 17.9 Å². The van der Waals surface area contributed by atoms with E-state index >= 15 is 0 Å². The van der Waals surface area contributed by atoms with Gasteiger partial charge in [0.25, 0.3) is 0 Å². The molecule has 1 aromatic carbocycles. The van der Waals surface area contributed by atoms with Gasteiger partial charge in [-0.1, -0.05) is 0 Å². The Bertz CT molecular complexity index is 938. The van der Waals surface area contributed by atoms with Gasteiger partial charge in [-0.3, -0.25) is 9.78 Å². The fourth-order valence-corrected chi connectivity index (χ4v) is 4.71. The molecule has 178 valence electrons. The van der Waals surface area contributed by atoms with E-state index in [2.05, 4.69) is 4.98 Å². The number of halogens is 3. The largest absolute Gasteiger partial charge is 0.494 e. The maximum atomic E-state index is 13.1. The van der Waals surface area contributed by atoms with Gasteiger partial charge < -0.3 is 19.3 Å². The zero-order valence-electron chi connectivity index (χ0n) is 18.6. The Morgan fingerprint density at radius 3 is 2.36 bits per heavy atom. The molecule has 2 heterocycles. The van der Waals surface area contributed by atoms with Gasteiger partial charge in [-0.25, -0.2) is 0 Å². The van der Waals surface area contributed by atoms with E-state index in [1.807, 2.05) is 9.80 Å². The van der Waals surface area contributed by atoms with Crippen molar-refractivity contribution < 1.29 is 27.4 Å². The number of carbonyl (C=O) groups is 1. The second kappa shape index (κ2) is 9.99. The quantitative estimate of drug-likeness (QED) is 0.645. The van der Waals surface area contributed by atoms with Crippen LogP contribution in [-0.2, 0) is 15.7 Å². The number of nitrogens with zero attached hydrogens (tertiary/aromatic N) is 3. The maximum absolute atomic E-state index is 13.1. The van der Waals surface area contributed by atoms with Crippen molar-refractivity contribution in [3.63, 3.8) is 0 Å². The summed E-state index contributed by atoms with van der Waals surface area (Å²) >= 11 is 0. The number of hydrogen-bond acceptors (Lipinski definition) is 5. The summed E-state index contributed by atoms with van der Waals surface area (Å²) in [6.07, 6.45) is 1.81. The van der Waals surface area contributed by atoms with Crippen LogP contribution in [0.15, 0.2) is 42.7 Å². The lowest BCUT2D eigenvalue weighted by molar-refractivity contribution is -0.140. The summed E-state index contributed by atoms with van der Waals surface area (Å²) in [5, 5.41) is 0. The zero-order chi connectivity index (χ0) is 23.4.